The fourth-order valence-corrected chi connectivity index (χ4v) is 4.47. The Morgan fingerprint density at radius 3 is 2.20 bits per heavy atom. The second-order valence-corrected chi connectivity index (χ2v) is 7.13. The first-order chi connectivity index (χ1) is 12.0. The number of hydrogen-bond acceptors (Lipinski definition) is 5. The third-order valence-corrected chi connectivity index (χ3v) is 5.83. The van der Waals surface area contributed by atoms with Gasteiger partial charge >= 0.3 is 0 Å². The van der Waals surface area contributed by atoms with Crippen molar-refractivity contribution in [3.8, 4) is 17.2 Å². The standard InChI is InChI=1S/C19H28N2O4/c1-10(13-8-14(23-2)18(25-4)15(9-13)24-3)21-19(22)16-11-5-6-12(7-11)17(16)20/h8-12,16-17H,5-7,20H2,1-4H3,(H,21,22). The van der Waals surface area contributed by atoms with Crippen LogP contribution in [0.1, 0.15) is 37.8 Å². The zero-order valence-electron chi connectivity index (χ0n) is 15.4. The molecular weight excluding hydrogens is 320 g/mol. The Hall–Kier alpha value is -1.95. The fourth-order valence-electron chi connectivity index (χ4n) is 4.47. The zero-order chi connectivity index (χ0) is 18.1. The molecule has 0 radical (unpaired) electrons. The summed E-state index contributed by atoms with van der Waals surface area (Å²) < 4.78 is 16.1. The van der Waals surface area contributed by atoms with Gasteiger partial charge in [-0.2, -0.15) is 0 Å². The van der Waals surface area contributed by atoms with Crippen LogP contribution < -0.4 is 25.3 Å². The highest BCUT2D eigenvalue weighted by atomic mass is 16.5. The number of hydrogen-bond donors (Lipinski definition) is 2. The summed E-state index contributed by atoms with van der Waals surface area (Å²) in [5, 5.41) is 3.12. The summed E-state index contributed by atoms with van der Waals surface area (Å²) in [6.07, 6.45) is 3.38. The first-order valence-electron chi connectivity index (χ1n) is 8.86. The smallest absolute Gasteiger partial charge is 0.225 e. The van der Waals surface area contributed by atoms with Crippen molar-refractivity contribution in [2.75, 3.05) is 21.3 Å². The van der Waals surface area contributed by atoms with Crippen molar-refractivity contribution < 1.29 is 19.0 Å². The Kier molecular flexibility index (Phi) is 5.08. The van der Waals surface area contributed by atoms with Crippen LogP contribution in [-0.4, -0.2) is 33.3 Å². The van der Waals surface area contributed by atoms with Crippen LogP contribution >= 0.6 is 0 Å². The quantitative estimate of drug-likeness (QED) is 0.824. The molecule has 2 fully saturated rings. The lowest BCUT2D eigenvalue weighted by Gasteiger charge is -2.28. The first kappa shape index (κ1) is 17.9. The molecule has 2 aliphatic carbocycles. The summed E-state index contributed by atoms with van der Waals surface area (Å²) >= 11 is 0. The summed E-state index contributed by atoms with van der Waals surface area (Å²) in [7, 11) is 4.74. The van der Waals surface area contributed by atoms with Crippen molar-refractivity contribution >= 4 is 5.91 Å². The van der Waals surface area contributed by atoms with Gasteiger partial charge in [-0.05, 0) is 55.7 Å². The molecule has 2 aliphatic rings. The van der Waals surface area contributed by atoms with Gasteiger partial charge in [0.1, 0.15) is 0 Å². The van der Waals surface area contributed by atoms with Crippen LogP contribution in [0.5, 0.6) is 17.2 Å². The van der Waals surface area contributed by atoms with Gasteiger partial charge in [0.15, 0.2) is 11.5 Å². The van der Waals surface area contributed by atoms with Crippen molar-refractivity contribution in [3.63, 3.8) is 0 Å². The highest BCUT2D eigenvalue weighted by Gasteiger charge is 2.49. The minimum Gasteiger partial charge on any atom is -0.493 e. The Balaban J connectivity index is 1.77. The predicted molar refractivity (Wildman–Crippen MR) is 95.0 cm³/mol. The molecule has 2 bridgehead atoms. The molecule has 1 aromatic rings. The lowest BCUT2D eigenvalue weighted by atomic mass is 9.84. The first-order valence-corrected chi connectivity index (χ1v) is 8.86. The summed E-state index contributed by atoms with van der Waals surface area (Å²) in [5.41, 5.74) is 7.19. The molecule has 0 spiro atoms. The number of methoxy groups -OCH3 is 3. The van der Waals surface area contributed by atoms with Crippen LogP contribution in [0.3, 0.4) is 0 Å². The highest BCUT2D eigenvalue weighted by Crippen LogP contribution is 2.48. The minimum absolute atomic E-state index is 0.00844. The van der Waals surface area contributed by atoms with E-state index in [2.05, 4.69) is 5.32 Å². The Bertz CT molecular complexity index is 621. The van der Waals surface area contributed by atoms with E-state index in [9.17, 15) is 4.79 Å². The van der Waals surface area contributed by atoms with Crippen LogP contribution in [0, 0.1) is 17.8 Å². The maximum Gasteiger partial charge on any atom is 0.225 e. The van der Waals surface area contributed by atoms with E-state index in [1.54, 1.807) is 21.3 Å². The van der Waals surface area contributed by atoms with E-state index in [1.807, 2.05) is 19.1 Å². The molecule has 3 rings (SSSR count). The van der Waals surface area contributed by atoms with Gasteiger partial charge in [0.25, 0.3) is 0 Å². The molecule has 2 saturated carbocycles. The molecule has 6 heteroatoms. The zero-order valence-corrected chi connectivity index (χ0v) is 15.4. The van der Waals surface area contributed by atoms with Crippen LogP contribution in [0.2, 0.25) is 0 Å². The number of amides is 1. The van der Waals surface area contributed by atoms with Crippen molar-refractivity contribution in [1.82, 2.24) is 5.32 Å². The molecular formula is C19H28N2O4. The number of carbonyl (C=O) groups excluding carboxylic acids is 1. The Morgan fingerprint density at radius 1 is 1.12 bits per heavy atom. The predicted octanol–water partition coefficient (Wildman–Crippen LogP) is 2.26. The number of nitrogens with two attached hydrogens (primary N) is 1. The monoisotopic (exact) mass is 348 g/mol. The van der Waals surface area contributed by atoms with Gasteiger partial charge in [-0.25, -0.2) is 0 Å². The van der Waals surface area contributed by atoms with Gasteiger partial charge in [-0.15, -0.1) is 0 Å². The third-order valence-electron chi connectivity index (χ3n) is 5.83. The topological polar surface area (TPSA) is 82.8 Å². The van der Waals surface area contributed by atoms with E-state index in [1.165, 1.54) is 0 Å². The molecule has 1 aromatic carbocycles. The second-order valence-electron chi connectivity index (χ2n) is 7.13. The SMILES string of the molecule is COc1cc(C(C)NC(=O)C2C3CCC(C3)C2N)cc(OC)c1OC. The van der Waals surface area contributed by atoms with Crippen LogP contribution in [0.25, 0.3) is 0 Å². The van der Waals surface area contributed by atoms with Crippen molar-refractivity contribution in [3.05, 3.63) is 17.7 Å². The van der Waals surface area contributed by atoms with Crippen molar-refractivity contribution in [1.29, 1.82) is 0 Å². The number of carbonyl (C=O) groups is 1. The number of fused-ring (bicyclic) bond motifs is 2. The largest absolute Gasteiger partial charge is 0.493 e. The van der Waals surface area contributed by atoms with Crippen molar-refractivity contribution in [2.24, 2.45) is 23.5 Å². The average molecular weight is 348 g/mol. The molecule has 0 aromatic heterocycles. The van der Waals surface area contributed by atoms with Gasteiger partial charge in [0, 0.05) is 6.04 Å². The third kappa shape index (κ3) is 3.15. The number of nitrogens with one attached hydrogen (secondary N) is 1. The second kappa shape index (κ2) is 7.12. The number of rotatable bonds is 6. The normalized spacial score (nSPS) is 28.5. The van der Waals surface area contributed by atoms with Crippen LogP contribution in [0.4, 0.5) is 0 Å². The fraction of sp³-hybridized carbons (Fsp3) is 0.632. The van der Waals surface area contributed by atoms with Crippen molar-refractivity contribution in [2.45, 2.75) is 38.3 Å². The molecule has 138 valence electrons. The van der Waals surface area contributed by atoms with E-state index in [-0.39, 0.29) is 23.9 Å². The summed E-state index contributed by atoms with van der Waals surface area (Å²) in [5.74, 6) is 2.64. The maximum absolute atomic E-state index is 12.8. The molecule has 5 unspecified atom stereocenters. The van der Waals surface area contributed by atoms with Crippen LogP contribution in [-0.2, 0) is 4.79 Å². The lowest BCUT2D eigenvalue weighted by molar-refractivity contribution is -0.127. The van der Waals surface area contributed by atoms with E-state index >= 15 is 0 Å². The number of benzene rings is 1. The summed E-state index contributed by atoms with van der Waals surface area (Å²) in [6.45, 7) is 1.96. The molecule has 6 nitrogen and oxygen atoms in total. The molecule has 1 amide bonds. The van der Waals surface area contributed by atoms with Crippen LogP contribution in [0.15, 0.2) is 12.1 Å². The Labute approximate surface area is 149 Å². The minimum atomic E-state index is -0.174. The highest BCUT2D eigenvalue weighted by molar-refractivity contribution is 5.81. The van der Waals surface area contributed by atoms with Gasteiger partial charge in [-0.3, -0.25) is 4.79 Å². The lowest BCUT2D eigenvalue weighted by Crippen LogP contribution is -2.45. The molecule has 25 heavy (non-hydrogen) atoms. The molecule has 0 heterocycles. The summed E-state index contributed by atoms with van der Waals surface area (Å²) in [6, 6.07) is 3.55. The average Bonchev–Trinajstić information content (AvgIpc) is 3.21. The maximum atomic E-state index is 12.8. The van der Waals surface area contributed by atoms with E-state index < -0.39 is 0 Å². The Morgan fingerprint density at radius 2 is 1.72 bits per heavy atom. The van der Waals surface area contributed by atoms with Gasteiger partial charge in [0.2, 0.25) is 11.7 Å². The van der Waals surface area contributed by atoms with Gasteiger partial charge in [0.05, 0.1) is 33.3 Å². The molecule has 0 aliphatic heterocycles. The van der Waals surface area contributed by atoms with E-state index in [4.69, 9.17) is 19.9 Å². The molecule has 5 atom stereocenters. The van der Waals surface area contributed by atoms with Gasteiger partial charge < -0.3 is 25.3 Å². The van der Waals surface area contributed by atoms with E-state index in [0.717, 1.165) is 24.8 Å². The molecule has 3 N–H and O–H groups in total. The number of ether oxygens (including phenoxy) is 3. The molecule has 0 saturated heterocycles. The van der Waals surface area contributed by atoms with Gasteiger partial charge in [-0.1, -0.05) is 0 Å². The summed E-state index contributed by atoms with van der Waals surface area (Å²) in [4.78, 5) is 12.8. The van der Waals surface area contributed by atoms with E-state index in [0.29, 0.717) is 29.1 Å².